The number of nitrogens with zero attached hydrogens (tertiary/aromatic N) is 3. The van der Waals surface area contributed by atoms with Crippen LogP contribution in [0.5, 0.6) is 0 Å². The molecule has 2 atom stereocenters. The van der Waals surface area contributed by atoms with Gasteiger partial charge in [-0.2, -0.15) is 5.10 Å². The first-order valence-corrected chi connectivity index (χ1v) is 7.01. The first kappa shape index (κ1) is 13.1. The van der Waals surface area contributed by atoms with E-state index in [0.717, 1.165) is 17.6 Å². The maximum absolute atomic E-state index is 6.01. The normalized spacial score (nSPS) is 23.9. The lowest BCUT2D eigenvalue weighted by molar-refractivity contribution is 0.151. The number of piperidine rings is 1. The van der Waals surface area contributed by atoms with Gasteiger partial charge < -0.3 is 5.73 Å². The molecule has 2 N–H and O–H groups in total. The van der Waals surface area contributed by atoms with E-state index >= 15 is 0 Å². The summed E-state index contributed by atoms with van der Waals surface area (Å²) in [5, 5.41) is 4.25. The fourth-order valence-electron chi connectivity index (χ4n) is 2.49. The quantitative estimate of drug-likeness (QED) is 0.925. The molecular weight excluding hydrogens is 280 g/mol. The van der Waals surface area contributed by atoms with Crippen LogP contribution in [-0.2, 0) is 13.6 Å². The van der Waals surface area contributed by atoms with Crippen molar-refractivity contribution in [3.05, 3.63) is 16.4 Å². The number of hydrogen-bond acceptors (Lipinski definition) is 3. The summed E-state index contributed by atoms with van der Waals surface area (Å²) in [6, 6.07) is 0.299. The van der Waals surface area contributed by atoms with Gasteiger partial charge in [0.2, 0.25) is 0 Å². The molecule has 5 heteroatoms. The second-order valence-corrected chi connectivity index (χ2v) is 5.91. The topological polar surface area (TPSA) is 47.1 Å². The van der Waals surface area contributed by atoms with Gasteiger partial charge in [0.15, 0.2) is 0 Å². The van der Waals surface area contributed by atoms with Crippen LogP contribution in [0.2, 0.25) is 0 Å². The van der Waals surface area contributed by atoms with Crippen molar-refractivity contribution in [2.75, 3.05) is 13.1 Å². The van der Waals surface area contributed by atoms with Gasteiger partial charge in [0.05, 0.1) is 16.4 Å². The molecule has 1 aromatic rings. The summed E-state index contributed by atoms with van der Waals surface area (Å²) in [6.45, 7) is 5.35. The third-order valence-electron chi connectivity index (χ3n) is 3.67. The van der Waals surface area contributed by atoms with E-state index in [-0.39, 0.29) is 0 Å². The number of rotatable bonds is 3. The third-order valence-corrected chi connectivity index (χ3v) is 4.33. The molecule has 17 heavy (non-hydrogen) atoms. The maximum Gasteiger partial charge on any atom is 0.0663 e. The third kappa shape index (κ3) is 3.09. The Morgan fingerprint density at radius 1 is 1.65 bits per heavy atom. The molecule has 1 saturated heterocycles. The predicted molar refractivity (Wildman–Crippen MR) is 72.6 cm³/mol. The molecule has 1 aliphatic heterocycles. The molecule has 1 aliphatic rings. The van der Waals surface area contributed by atoms with Gasteiger partial charge >= 0.3 is 0 Å². The highest BCUT2D eigenvalue weighted by molar-refractivity contribution is 9.10. The van der Waals surface area contributed by atoms with E-state index in [4.69, 9.17) is 5.73 Å². The standard InChI is InChI=1S/C12H21BrN4/c1-9(14)10-4-3-5-17(7-10)8-12-11(13)6-15-16(12)2/h6,9-10H,3-5,7-8,14H2,1-2H3. The van der Waals surface area contributed by atoms with Crippen molar-refractivity contribution in [3.63, 3.8) is 0 Å². The molecule has 0 amide bonds. The van der Waals surface area contributed by atoms with E-state index in [1.54, 1.807) is 0 Å². The van der Waals surface area contributed by atoms with Crippen molar-refractivity contribution in [1.82, 2.24) is 14.7 Å². The summed E-state index contributed by atoms with van der Waals surface area (Å²) < 4.78 is 3.04. The number of halogens is 1. The van der Waals surface area contributed by atoms with E-state index < -0.39 is 0 Å². The van der Waals surface area contributed by atoms with E-state index in [0.29, 0.717) is 12.0 Å². The van der Waals surface area contributed by atoms with Gasteiger partial charge in [0.25, 0.3) is 0 Å². The average molecular weight is 301 g/mol. The highest BCUT2D eigenvalue weighted by Gasteiger charge is 2.23. The average Bonchev–Trinajstić information content (AvgIpc) is 2.61. The highest BCUT2D eigenvalue weighted by atomic mass is 79.9. The van der Waals surface area contributed by atoms with Crippen molar-refractivity contribution in [3.8, 4) is 0 Å². The fourth-order valence-corrected chi connectivity index (χ4v) is 2.96. The SMILES string of the molecule is CC(N)C1CCCN(Cc2c(Br)cnn2C)C1. The number of likely N-dealkylation sites (tertiary alicyclic amines) is 1. The van der Waals surface area contributed by atoms with Crippen LogP contribution in [0.25, 0.3) is 0 Å². The largest absolute Gasteiger partial charge is 0.328 e. The number of nitrogens with two attached hydrogens (primary N) is 1. The Kier molecular flexibility index (Phi) is 4.22. The zero-order valence-corrected chi connectivity index (χ0v) is 12.2. The molecule has 2 heterocycles. The smallest absolute Gasteiger partial charge is 0.0663 e. The summed E-state index contributed by atoms with van der Waals surface area (Å²) in [5.41, 5.74) is 7.25. The van der Waals surface area contributed by atoms with E-state index in [9.17, 15) is 0 Å². The highest BCUT2D eigenvalue weighted by Crippen LogP contribution is 2.23. The second kappa shape index (κ2) is 5.50. The van der Waals surface area contributed by atoms with Gasteiger partial charge in [-0.3, -0.25) is 9.58 Å². The van der Waals surface area contributed by atoms with Gasteiger partial charge in [-0.05, 0) is 48.2 Å². The molecule has 2 rings (SSSR count). The van der Waals surface area contributed by atoms with E-state index in [1.807, 2.05) is 17.9 Å². The van der Waals surface area contributed by atoms with Crippen LogP contribution in [0.15, 0.2) is 10.7 Å². The number of aromatic nitrogens is 2. The number of hydrogen-bond donors (Lipinski definition) is 1. The van der Waals surface area contributed by atoms with Crippen LogP contribution in [0.3, 0.4) is 0 Å². The molecule has 96 valence electrons. The first-order chi connectivity index (χ1) is 8.08. The minimum absolute atomic E-state index is 0.299. The summed E-state index contributed by atoms with van der Waals surface area (Å²) in [7, 11) is 1.99. The molecule has 0 aromatic carbocycles. The summed E-state index contributed by atoms with van der Waals surface area (Å²) in [4.78, 5) is 2.49. The van der Waals surface area contributed by atoms with Gasteiger partial charge in [0.1, 0.15) is 0 Å². The molecule has 0 spiro atoms. The molecular formula is C12H21BrN4. The van der Waals surface area contributed by atoms with Gasteiger partial charge in [0, 0.05) is 26.2 Å². The summed E-state index contributed by atoms with van der Waals surface area (Å²) in [6.07, 6.45) is 4.38. The van der Waals surface area contributed by atoms with Crippen molar-refractivity contribution in [1.29, 1.82) is 0 Å². The summed E-state index contributed by atoms with van der Waals surface area (Å²) in [5.74, 6) is 0.635. The molecule has 0 aliphatic carbocycles. The monoisotopic (exact) mass is 300 g/mol. The molecule has 4 nitrogen and oxygen atoms in total. The molecule has 2 unspecified atom stereocenters. The van der Waals surface area contributed by atoms with Crippen LogP contribution >= 0.6 is 15.9 Å². The Bertz CT molecular complexity index is 355. The van der Waals surface area contributed by atoms with Crippen LogP contribution in [0.4, 0.5) is 0 Å². The van der Waals surface area contributed by atoms with Gasteiger partial charge in [-0.1, -0.05) is 0 Å². The van der Waals surface area contributed by atoms with Crippen molar-refractivity contribution in [2.24, 2.45) is 18.7 Å². The van der Waals surface area contributed by atoms with Crippen molar-refractivity contribution in [2.45, 2.75) is 32.4 Å². The van der Waals surface area contributed by atoms with Crippen molar-refractivity contribution >= 4 is 15.9 Å². The molecule has 1 fully saturated rings. The lowest BCUT2D eigenvalue weighted by atomic mass is 9.92. The lowest BCUT2D eigenvalue weighted by Crippen LogP contribution is -2.42. The van der Waals surface area contributed by atoms with Gasteiger partial charge in [-0.25, -0.2) is 0 Å². The molecule has 1 aromatic heterocycles. The zero-order chi connectivity index (χ0) is 12.4. The Balaban J connectivity index is 1.99. The van der Waals surface area contributed by atoms with Crippen molar-refractivity contribution < 1.29 is 0 Å². The van der Waals surface area contributed by atoms with E-state index in [2.05, 4.69) is 32.9 Å². The Hall–Kier alpha value is -0.390. The predicted octanol–water partition coefficient (Wildman–Crippen LogP) is 1.74. The van der Waals surface area contributed by atoms with Gasteiger partial charge in [-0.15, -0.1) is 0 Å². The Morgan fingerprint density at radius 3 is 3.00 bits per heavy atom. The minimum atomic E-state index is 0.299. The Labute approximate surface area is 111 Å². The summed E-state index contributed by atoms with van der Waals surface area (Å²) >= 11 is 3.55. The van der Waals surface area contributed by atoms with Crippen LogP contribution in [-0.4, -0.2) is 33.8 Å². The van der Waals surface area contributed by atoms with E-state index in [1.165, 1.54) is 25.1 Å². The minimum Gasteiger partial charge on any atom is -0.328 e. The second-order valence-electron chi connectivity index (χ2n) is 5.06. The lowest BCUT2D eigenvalue weighted by Gasteiger charge is -2.34. The van der Waals surface area contributed by atoms with Crippen LogP contribution in [0.1, 0.15) is 25.5 Å². The molecule has 0 saturated carbocycles. The van der Waals surface area contributed by atoms with Crippen LogP contribution < -0.4 is 5.73 Å². The fraction of sp³-hybridized carbons (Fsp3) is 0.750. The first-order valence-electron chi connectivity index (χ1n) is 6.22. The van der Waals surface area contributed by atoms with Crippen LogP contribution in [0, 0.1) is 5.92 Å². The molecule has 0 bridgehead atoms. The maximum atomic E-state index is 6.01. The number of aryl methyl sites for hydroxylation is 1. The Morgan fingerprint density at radius 2 is 2.41 bits per heavy atom. The zero-order valence-electron chi connectivity index (χ0n) is 10.6. The molecule has 0 radical (unpaired) electrons.